The van der Waals surface area contributed by atoms with Crippen LogP contribution in [0, 0.1) is 5.92 Å². The predicted octanol–water partition coefficient (Wildman–Crippen LogP) is 4.22. The number of nitrogens with zero attached hydrogens (tertiary/aromatic N) is 2. The Morgan fingerprint density at radius 1 is 1.10 bits per heavy atom. The van der Waals surface area contributed by atoms with E-state index in [9.17, 15) is 9.59 Å². The Kier molecular flexibility index (Phi) is 5.37. The van der Waals surface area contributed by atoms with Crippen LogP contribution in [0.15, 0.2) is 60.7 Å². The monoisotopic (exact) mass is 403 g/mol. The number of hydrogen-bond acceptors (Lipinski definition) is 2. The lowest BCUT2D eigenvalue weighted by Crippen LogP contribution is -2.64. The molecule has 0 aliphatic carbocycles. The Morgan fingerprint density at radius 2 is 1.80 bits per heavy atom. The summed E-state index contributed by atoms with van der Waals surface area (Å²) in [5.74, 6) is 0.254. The topological polar surface area (TPSA) is 54.3 Å². The molecule has 0 saturated carbocycles. The maximum absolute atomic E-state index is 13.5. The van der Waals surface area contributed by atoms with E-state index in [1.807, 2.05) is 72.2 Å². The third-order valence-corrected chi connectivity index (χ3v) is 6.05. The van der Waals surface area contributed by atoms with E-state index in [1.165, 1.54) is 0 Å². The van der Waals surface area contributed by atoms with Crippen molar-refractivity contribution in [2.45, 2.75) is 45.8 Å². The second-order valence-electron chi connectivity index (χ2n) is 8.76. The summed E-state index contributed by atoms with van der Waals surface area (Å²) in [6.45, 7) is 7.62. The average Bonchev–Trinajstić information content (AvgIpc) is 3.11. The Bertz CT molecular complexity index is 1070. The third-order valence-electron chi connectivity index (χ3n) is 6.05. The number of rotatable bonds is 6. The summed E-state index contributed by atoms with van der Waals surface area (Å²) in [6.07, 6.45) is 0.855. The number of carbonyl (C=O) groups is 2. The van der Waals surface area contributed by atoms with Crippen molar-refractivity contribution in [2.75, 3.05) is 6.54 Å². The van der Waals surface area contributed by atoms with Gasteiger partial charge in [-0.3, -0.25) is 9.59 Å². The van der Waals surface area contributed by atoms with E-state index in [0.717, 1.165) is 22.9 Å². The number of benzene rings is 2. The van der Waals surface area contributed by atoms with E-state index in [0.29, 0.717) is 31.2 Å². The van der Waals surface area contributed by atoms with E-state index in [2.05, 4.69) is 19.2 Å². The fraction of sp³-hybridized carbons (Fsp3) is 0.360. The third kappa shape index (κ3) is 3.60. The van der Waals surface area contributed by atoms with Gasteiger partial charge in [0.25, 0.3) is 5.91 Å². The number of aromatic nitrogens is 1. The van der Waals surface area contributed by atoms with Gasteiger partial charge >= 0.3 is 0 Å². The van der Waals surface area contributed by atoms with Gasteiger partial charge in [0.1, 0.15) is 11.2 Å². The lowest BCUT2D eigenvalue weighted by Gasteiger charge is -2.44. The zero-order chi connectivity index (χ0) is 21.3. The van der Waals surface area contributed by atoms with Crippen molar-refractivity contribution in [1.29, 1.82) is 0 Å². The second kappa shape index (κ2) is 7.98. The van der Waals surface area contributed by atoms with Crippen LogP contribution in [0.25, 0.3) is 10.9 Å². The SMILES string of the molecule is CC(C)CCN1C(=O)c2cc3ccccc3n2CC1(C)C(=O)NCc1ccccc1. The molecule has 1 aliphatic rings. The van der Waals surface area contributed by atoms with Crippen molar-refractivity contribution in [3.8, 4) is 0 Å². The number of hydrogen-bond donors (Lipinski definition) is 1. The number of nitrogens with one attached hydrogen (secondary N) is 1. The zero-order valence-corrected chi connectivity index (χ0v) is 17.9. The van der Waals surface area contributed by atoms with Crippen LogP contribution in [0.5, 0.6) is 0 Å². The number of carbonyl (C=O) groups excluding carboxylic acids is 2. The molecule has 5 heteroatoms. The largest absolute Gasteiger partial charge is 0.350 e. The normalized spacial score (nSPS) is 18.7. The first-order chi connectivity index (χ1) is 14.4. The zero-order valence-electron chi connectivity index (χ0n) is 17.9. The number of para-hydroxylation sites is 1. The molecule has 30 heavy (non-hydrogen) atoms. The highest BCUT2D eigenvalue weighted by Crippen LogP contribution is 2.32. The first-order valence-electron chi connectivity index (χ1n) is 10.6. The maximum Gasteiger partial charge on any atom is 0.271 e. The Labute approximate surface area is 177 Å². The van der Waals surface area contributed by atoms with Gasteiger partial charge in [0.2, 0.25) is 5.91 Å². The van der Waals surface area contributed by atoms with Crippen LogP contribution in [0.2, 0.25) is 0 Å². The molecule has 0 fully saturated rings. The van der Waals surface area contributed by atoms with Crippen molar-refractivity contribution in [2.24, 2.45) is 5.92 Å². The summed E-state index contributed by atoms with van der Waals surface area (Å²) in [6, 6.07) is 19.8. The van der Waals surface area contributed by atoms with Gasteiger partial charge in [-0.05, 0) is 37.0 Å². The molecule has 1 atom stereocenters. The van der Waals surface area contributed by atoms with Crippen molar-refractivity contribution in [1.82, 2.24) is 14.8 Å². The number of fused-ring (bicyclic) bond motifs is 3. The Hall–Kier alpha value is -3.08. The molecule has 5 nitrogen and oxygen atoms in total. The van der Waals surface area contributed by atoms with Gasteiger partial charge in [0.05, 0.1) is 6.54 Å². The minimum Gasteiger partial charge on any atom is -0.350 e. The van der Waals surface area contributed by atoms with Gasteiger partial charge in [0.15, 0.2) is 0 Å². The highest BCUT2D eigenvalue weighted by Gasteiger charge is 2.47. The minimum atomic E-state index is -0.949. The van der Waals surface area contributed by atoms with Crippen molar-refractivity contribution >= 4 is 22.7 Å². The van der Waals surface area contributed by atoms with Crippen LogP contribution in [0.4, 0.5) is 0 Å². The van der Waals surface area contributed by atoms with Gasteiger partial charge < -0.3 is 14.8 Å². The van der Waals surface area contributed by atoms with E-state index in [-0.39, 0.29) is 11.8 Å². The van der Waals surface area contributed by atoms with Crippen molar-refractivity contribution in [3.63, 3.8) is 0 Å². The standard InChI is InChI=1S/C25H29N3O2/c1-18(2)13-14-28-23(29)22-15-20-11-7-8-12-21(20)27(22)17-25(28,3)24(30)26-16-19-9-5-4-6-10-19/h4-12,15,18H,13-14,16-17H2,1-3H3,(H,26,30). The fourth-order valence-corrected chi connectivity index (χ4v) is 4.21. The van der Waals surface area contributed by atoms with Gasteiger partial charge in [0, 0.05) is 24.0 Å². The molecule has 1 aliphatic heterocycles. The smallest absolute Gasteiger partial charge is 0.271 e. The molecule has 0 saturated heterocycles. The van der Waals surface area contributed by atoms with Crippen molar-refractivity contribution in [3.05, 3.63) is 71.9 Å². The fourth-order valence-electron chi connectivity index (χ4n) is 4.21. The van der Waals surface area contributed by atoms with Gasteiger partial charge in [-0.1, -0.05) is 62.4 Å². The van der Waals surface area contributed by atoms with Crippen LogP contribution in [-0.2, 0) is 17.9 Å². The Balaban J connectivity index is 1.68. The molecular formula is C25H29N3O2. The molecular weight excluding hydrogens is 374 g/mol. The molecule has 0 radical (unpaired) electrons. The molecule has 1 N–H and O–H groups in total. The summed E-state index contributed by atoms with van der Waals surface area (Å²) < 4.78 is 2.01. The van der Waals surface area contributed by atoms with Crippen molar-refractivity contribution < 1.29 is 9.59 Å². The molecule has 0 spiro atoms. The van der Waals surface area contributed by atoms with Crippen LogP contribution in [-0.4, -0.2) is 33.4 Å². The second-order valence-corrected chi connectivity index (χ2v) is 8.76. The van der Waals surface area contributed by atoms with Crippen LogP contribution >= 0.6 is 0 Å². The first kappa shape index (κ1) is 20.2. The Morgan fingerprint density at radius 3 is 2.53 bits per heavy atom. The van der Waals surface area contributed by atoms with E-state index < -0.39 is 5.54 Å². The highest BCUT2D eigenvalue weighted by atomic mass is 16.2. The predicted molar refractivity (Wildman–Crippen MR) is 119 cm³/mol. The average molecular weight is 404 g/mol. The molecule has 0 bridgehead atoms. The van der Waals surface area contributed by atoms with E-state index in [4.69, 9.17) is 0 Å². The van der Waals surface area contributed by atoms with E-state index >= 15 is 0 Å². The minimum absolute atomic E-state index is 0.0736. The van der Waals surface area contributed by atoms with Gasteiger partial charge in [-0.15, -0.1) is 0 Å². The molecule has 4 rings (SSSR count). The molecule has 1 aromatic heterocycles. The summed E-state index contributed by atoms with van der Waals surface area (Å²) in [5.41, 5.74) is 1.74. The van der Waals surface area contributed by atoms with Crippen LogP contribution in [0.3, 0.4) is 0 Å². The first-order valence-corrected chi connectivity index (χ1v) is 10.6. The molecule has 156 valence electrons. The van der Waals surface area contributed by atoms with E-state index in [1.54, 1.807) is 4.90 Å². The van der Waals surface area contributed by atoms with Crippen LogP contribution < -0.4 is 5.32 Å². The molecule has 2 amide bonds. The quantitative estimate of drug-likeness (QED) is 0.670. The molecule has 2 heterocycles. The highest BCUT2D eigenvalue weighted by molar-refractivity contribution is 6.03. The van der Waals surface area contributed by atoms with Crippen LogP contribution in [0.1, 0.15) is 43.2 Å². The number of amides is 2. The summed E-state index contributed by atoms with van der Waals surface area (Å²) in [4.78, 5) is 28.7. The lowest BCUT2D eigenvalue weighted by atomic mass is 9.93. The summed E-state index contributed by atoms with van der Waals surface area (Å²) in [7, 11) is 0. The van der Waals surface area contributed by atoms with Gasteiger partial charge in [-0.25, -0.2) is 0 Å². The van der Waals surface area contributed by atoms with Gasteiger partial charge in [-0.2, -0.15) is 0 Å². The molecule has 2 aromatic carbocycles. The summed E-state index contributed by atoms with van der Waals surface area (Å²) >= 11 is 0. The molecule has 3 aromatic rings. The maximum atomic E-state index is 13.5. The molecule has 1 unspecified atom stereocenters. The summed E-state index contributed by atoms with van der Waals surface area (Å²) in [5, 5.41) is 4.10. The lowest BCUT2D eigenvalue weighted by molar-refractivity contribution is -0.133.